The summed E-state index contributed by atoms with van der Waals surface area (Å²) in [6.45, 7) is 0.586. The lowest BCUT2D eigenvalue weighted by molar-refractivity contribution is 0.112. The van der Waals surface area contributed by atoms with Crippen molar-refractivity contribution < 1.29 is 9.53 Å². The van der Waals surface area contributed by atoms with Crippen molar-refractivity contribution in [3.63, 3.8) is 0 Å². The molecule has 3 nitrogen and oxygen atoms in total. The number of hydrogen-bond acceptors (Lipinski definition) is 3. The van der Waals surface area contributed by atoms with Gasteiger partial charge in [-0.1, -0.05) is 11.6 Å². The zero-order valence-corrected chi connectivity index (χ0v) is 11.1. The molecule has 0 spiro atoms. The summed E-state index contributed by atoms with van der Waals surface area (Å²) < 4.78 is 5.59. The van der Waals surface area contributed by atoms with Crippen LogP contribution in [0.4, 0.5) is 0 Å². The number of aldehydes is 1. The summed E-state index contributed by atoms with van der Waals surface area (Å²) in [6.07, 6.45) is 6.16. The molecule has 0 saturated carbocycles. The molecule has 1 heterocycles. The Balaban J connectivity index is 1.81. The van der Waals surface area contributed by atoms with Crippen LogP contribution in [0, 0.1) is 0 Å². The molecule has 98 valence electrons. The van der Waals surface area contributed by atoms with Crippen LogP contribution in [0.25, 0.3) is 0 Å². The van der Waals surface area contributed by atoms with Crippen molar-refractivity contribution in [3.8, 4) is 5.75 Å². The number of nitrogens with zero attached hydrogens (tertiary/aromatic N) is 1. The van der Waals surface area contributed by atoms with Gasteiger partial charge in [0.1, 0.15) is 12.0 Å². The Bertz CT molecular complexity index is 543. The number of aryl methyl sites for hydroxylation is 1. The van der Waals surface area contributed by atoms with E-state index in [1.54, 1.807) is 30.6 Å². The number of ether oxygens (including phenoxy) is 1. The predicted octanol–water partition coefficient (Wildman–Crippen LogP) is 3.56. The summed E-state index contributed by atoms with van der Waals surface area (Å²) in [7, 11) is 0. The van der Waals surface area contributed by atoms with Crippen molar-refractivity contribution in [2.45, 2.75) is 12.8 Å². The topological polar surface area (TPSA) is 39.2 Å². The normalized spacial score (nSPS) is 10.2. The molecule has 2 aromatic rings. The maximum atomic E-state index is 10.6. The number of carbonyl (C=O) groups excluding carboxylic acids is 1. The summed E-state index contributed by atoms with van der Waals surface area (Å²) in [4.78, 5) is 14.6. The van der Waals surface area contributed by atoms with Crippen LogP contribution in [-0.4, -0.2) is 17.9 Å². The van der Waals surface area contributed by atoms with Gasteiger partial charge in [-0.15, -0.1) is 0 Å². The van der Waals surface area contributed by atoms with Crippen LogP contribution in [0.1, 0.15) is 22.3 Å². The van der Waals surface area contributed by atoms with Gasteiger partial charge in [0.2, 0.25) is 0 Å². The third-order valence-corrected chi connectivity index (χ3v) is 3.00. The molecular formula is C15H14ClNO2. The molecule has 19 heavy (non-hydrogen) atoms. The van der Waals surface area contributed by atoms with Crippen LogP contribution < -0.4 is 4.74 Å². The second-order valence-electron chi connectivity index (χ2n) is 4.12. The fourth-order valence-electron chi connectivity index (χ4n) is 1.72. The van der Waals surface area contributed by atoms with E-state index in [-0.39, 0.29) is 0 Å². The van der Waals surface area contributed by atoms with Crippen molar-refractivity contribution >= 4 is 17.9 Å². The van der Waals surface area contributed by atoms with E-state index >= 15 is 0 Å². The van der Waals surface area contributed by atoms with E-state index in [1.807, 2.05) is 12.1 Å². The van der Waals surface area contributed by atoms with Gasteiger partial charge in [0.05, 0.1) is 11.6 Å². The van der Waals surface area contributed by atoms with Gasteiger partial charge in [-0.2, -0.15) is 0 Å². The first-order valence-corrected chi connectivity index (χ1v) is 6.44. The largest absolute Gasteiger partial charge is 0.492 e. The molecule has 0 atom stereocenters. The first kappa shape index (κ1) is 13.6. The molecule has 0 saturated heterocycles. The van der Waals surface area contributed by atoms with E-state index in [0.29, 0.717) is 22.9 Å². The third-order valence-electron chi connectivity index (χ3n) is 2.71. The Hall–Kier alpha value is -1.87. The molecule has 0 aliphatic carbocycles. The molecule has 0 fully saturated rings. The zero-order chi connectivity index (χ0) is 13.5. The van der Waals surface area contributed by atoms with Crippen molar-refractivity contribution in [2.75, 3.05) is 6.61 Å². The van der Waals surface area contributed by atoms with Gasteiger partial charge in [0, 0.05) is 18.0 Å². The Labute approximate surface area is 117 Å². The van der Waals surface area contributed by atoms with Gasteiger partial charge >= 0.3 is 0 Å². The molecule has 0 amide bonds. The number of carbonyl (C=O) groups is 1. The van der Waals surface area contributed by atoms with Crippen LogP contribution in [0.15, 0.2) is 42.7 Å². The summed E-state index contributed by atoms with van der Waals surface area (Å²) >= 11 is 6.01. The SMILES string of the molecule is O=Cc1ccc(OCCCc2ccncc2)c(Cl)c1. The first-order chi connectivity index (χ1) is 9.29. The predicted molar refractivity (Wildman–Crippen MR) is 74.9 cm³/mol. The summed E-state index contributed by atoms with van der Waals surface area (Å²) in [5.41, 5.74) is 1.79. The molecule has 0 aliphatic heterocycles. The van der Waals surface area contributed by atoms with E-state index < -0.39 is 0 Å². The number of hydrogen-bond donors (Lipinski definition) is 0. The highest BCUT2D eigenvalue weighted by atomic mass is 35.5. The molecular weight excluding hydrogens is 262 g/mol. The van der Waals surface area contributed by atoms with E-state index in [0.717, 1.165) is 19.1 Å². The fraction of sp³-hybridized carbons (Fsp3) is 0.200. The monoisotopic (exact) mass is 275 g/mol. The molecule has 1 aromatic heterocycles. The summed E-state index contributed by atoms with van der Waals surface area (Å²) in [5, 5.41) is 0.466. The van der Waals surface area contributed by atoms with E-state index in [1.165, 1.54) is 5.56 Å². The molecule has 0 N–H and O–H groups in total. The van der Waals surface area contributed by atoms with Gasteiger partial charge in [-0.05, 0) is 48.7 Å². The lowest BCUT2D eigenvalue weighted by atomic mass is 10.1. The lowest BCUT2D eigenvalue weighted by Gasteiger charge is -2.08. The van der Waals surface area contributed by atoms with Crippen molar-refractivity contribution in [1.82, 2.24) is 4.98 Å². The highest BCUT2D eigenvalue weighted by molar-refractivity contribution is 6.32. The van der Waals surface area contributed by atoms with Crippen LogP contribution in [-0.2, 0) is 6.42 Å². The minimum Gasteiger partial charge on any atom is -0.492 e. The Morgan fingerprint density at radius 2 is 2.00 bits per heavy atom. The van der Waals surface area contributed by atoms with Gasteiger partial charge < -0.3 is 4.74 Å². The number of aromatic nitrogens is 1. The molecule has 0 bridgehead atoms. The second-order valence-corrected chi connectivity index (χ2v) is 4.52. The molecule has 0 unspecified atom stereocenters. The van der Waals surface area contributed by atoms with Crippen molar-refractivity contribution in [1.29, 1.82) is 0 Å². The van der Waals surface area contributed by atoms with E-state index in [4.69, 9.17) is 16.3 Å². The highest BCUT2D eigenvalue weighted by Crippen LogP contribution is 2.25. The molecule has 2 rings (SSSR count). The Morgan fingerprint density at radius 1 is 1.21 bits per heavy atom. The zero-order valence-electron chi connectivity index (χ0n) is 10.4. The summed E-state index contributed by atoms with van der Waals surface area (Å²) in [5.74, 6) is 0.613. The second kappa shape index (κ2) is 6.90. The van der Waals surface area contributed by atoms with Gasteiger partial charge in [0.25, 0.3) is 0 Å². The van der Waals surface area contributed by atoms with Crippen LogP contribution in [0.5, 0.6) is 5.75 Å². The minimum absolute atomic E-state index is 0.466. The van der Waals surface area contributed by atoms with E-state index in [9.17, 15) is 4.79 Å². The minimum atomic E-state index is 0.466. The Kier molecular flexibility index (Phi) is 4.93. The quantitative estimate of drug-likeness (QED) is 0.598. The Morgan fingerprint density at radius 3 is 2.68 bits per heavy atom. The molecule has 0 radical (unpaired) electrons. The van der Waals surface area contributed by atoms with E-state index in [2.05, 4.69) is 4.98 Å². The first-order valence-electron chi connectivity index (χ1n) is 6.06. The van der Waals surface area contributed by atoms with Crippen LogP contribution >= 0.6 is 11.6 Å². The average molecular weight is 276 g/mol. The number of benzene rings is 1. The summed E-state index contributed by atoms with van der Waals surface area (Å²) in [6, 6.07) is 9.00. The van der Waals surface area contributed by atoms with Crippen LogP contribution in [0.2, 0.25) is 5.02 Å². The maximum absolute atomic E-state index is 10.6. The van der Waals surface area contributed by atoms with Crippen molar-refractivity contribution in [3.05, 3.63) is 58.9 Å². The van der Waals surface area contributed by atoms with Gasteiger partial charge in [0.15, 0.2) is 0 Å². The number of rotatable bonds is 6. The molecule has 1 aromatic carbocycles. The highest BCUT2D eigenvalue weighted by Gasteiger charge is 2.02. The van der Waals surface area contributed by atoms with Gasteiger partial charge in [-0.3, -0.25) is 9.78 Å². The molecule has 0 aliphatic rings. The van der Waals surface area contributed by atoms with Crippen LogP contribution in [0.3, 0.4) is 0 Å². The number of pyridine rings is 1. The number of halogens is 1. The van der Waals surface area contributed by atoms with Gasteiger partial charge in [-0.25, -0.2) is 0 Å². The maximum Gasteiger partial charge on any atom is 0.150 e. The van der Waals surface area contributed by atoms with Crippen molar-refractivity contribution in [2.24, 2.45) is 0 Å². The smallest absolute Gasteiger partial charge is 0.150 e. The third kappa shape index (κ3) is 4.07. The lowest BCUT2D eigenvalue weighted by Crippen LogP contribution is -2.00. The average Bonchev–Trinajstić information content (AvgIpc) is 2.46. The standard InChI is InChI=1S/C15H14ClNO2/c16-14-10-13(11-18)3-4-15(14)19-9-1-2-12-5-7-17-8-6-12/h3-8,10-11H,1-2,9H2. The fourth-order valence-corrected chi connectivity index (χ4v) is 1.96. The molecule has 4 heteroatoms.